The smallest absolute Gasteiger partial charge is 0.287 e. The summed E-state index contributed by atoms with van der Waals surface area (Å²) in [6.45, 7) is 3.11. The Morgan fingerprint density at radius 3 is 2.45 bits per heavy atom. The lowest BCUT2D eigenvalue weighted by Crippen LogP contribution is -2.37. The minimum atomic E-state index is -0.484. The lowest BCUT2D eigenvalue weighted by atomic mass is 9.97. The molecule has 2 saturated heterocycles. The van der Waals surface area contributed by atoms with Gasteiger partial charge in [-0.25, -0.2) is 0 Å². The van der Waals surface area contributed by atoms with Crippen LogP contribution in [0.3, 0.4) is 0 Å². The summed E-state index contributed by atoms with van der Waals surface area (Å²) in [6.07, 6.45) is 5.91. The molecular formula is C35H33Cl2N3O4. The first-order valence-corrected chi connectivity index (χ1v) is 15.7. The Hall–Kier alpha value is -4.07. The lowest BCUT2D eigenvalue weighted by Gasteiger charge is -2.33. The predicted molar refractivity (Wildman–Crippen MR) is 175 cm³/mol. The molecule has 0 unspecified atom stereocenters. The number of nitrogens with one attached hydrogen (secondary N) is 1. The van der Waals surface area contributed by atoms with Crippen LogP contribution in [0, 0.1) is 0 Å². The molecule has 3 aromatic carbocycles. The normalized spacial score (nSPS) is 16.0. The largest absolute Gasteiger partial charge is 0.449 e. The topological polar surface area (TPSA) is 82.9 Å². The van der Waals surface area contributed by atoms with Crippen LogP contribution in [0.5, 0.6) is 0 Å². The number of para-hydroxylation sites is 2. The highest BCUT2D eigenvalue weighted by atomic mass is 35.5. The lowest BCUT2D eigenvalue weighted by molar-refractivity contribution is -0.128. The number of hydrogen-bond donors (Lipinski definition) is 1. The minimum Gasteiger partial charge on any atom is -0.449 e. The third-order valence-electron chi connectivity index (χ3n) is 8.32. The molecule has 2 aliphatic heterocycles. The second-order valence-corrected chi connectivity index (χ2v) is 12.2. The van der Waals surface area contributed by atoms with Gasteiger partial charge in [-0.05, 0) is 67.1 Å². The molecule has 2 amide bonds. The van der Waals surface area contributed by atoms with Gasteiger partial charge in [0, 0.05) is 49.4 Å². The summed E-state index contributed by atoms with van der Waals surface area (Å²) in [7, 11) is 0. The van der Waals surface area contributed by atoms with Crippen molar-refractivity contribution < 1.29 is 14.0 Å². The number of nitrogens with zero attached hydrogens (tertiary/aromatic N) is 2. The average Bonchev–Trinajstić information content (AvgIpc) is 3.43. The number of fused-ring (bicyclic) bond motifs is 1. The zero-order valence-electron chi connectivity index (χ0n) is 24.2. The Morgan fingerprint density at radius 2 is 1.70 bits per heavy atom. The number of carbonyl (C=O) groups is 2. The molecule has 4 aromatic rings. The maximum Gasteiger partial charge on any atom is 0.287 e. The molecule has 9 heteroatoms. The van der Waals surface area contributed by atoms with Crippen LogP contribution >= 0.6 is 23.2 Å². The van der Waals surface area contributed by atoms with Gasteiger partial charge >= 0.3 is 0 Å². The van der Waals surface area contributed by atoms with Crippen molar-refractivity contribution in [2.45, 2.75) is 44.7 Å². The van der Waals surface area contributed by atoms with E-state index in [1.807, 2.05) is 41.3 Å². The number of carbonyl (C=O) groups excluding carboxylic acids is 2. The summed E-state index contributed by atoms with van der Waals surface area (Å²) in [5, 5.41) is 4.32. The first-order chi connectivity index (χ1) is 21.3. The Morgan fingerprint density at radius 1 is 0.932 bits per heavy atom. The van der Waals surface area contributed by atoms with Crippen LogP contribution in [0.15, 0.2) is 93.7 Å². The fourth-order valence-electron chi connectivity index (χ4n) is 6.04. The molecule has 7 nitrogen and oxygen atoms in total. The second kappa shape index (κ2) is 13.3. The second-order valence-electron chi connectivity index (χ2n) is 11.4. The molecule has 6 rings (SSSR count). The fraction of sp³-hybridized carbons (Fsp3) is 0.286. The van der Waals surface area contributed by atoms with Gasteiger partial charge in [0.2, 0.25) is 5.91 Å². The van der Waals surface area contributed by atoms with Crippen molar-refractivity contribution >= 4 is 51.7 Å². The Balaban J connectivity index is 1.20. The van der Waals surface area contributed by atoms with Crippen molar-refractivity contribution in [3.8, 4) is 0 Å². The van der Waals surface area contributed by atoms with Crippen LogP contribution in [-0.2, 0) is 17.8 Å². The van der Waals surface area contributed by atoms with Crippen molar-refractivity contribution in [1.82, 2.24) is 10.2 Å². The molecule has 1 aromatic heterocycles. The van der Waals surface area contributed by atoms with Crippen LogP contribution in [0.2, 0.25) is 10.0 Å². The van der Waals surface area contributed by atoms with Gasteiger partial charge in [-0.1, -0.05) is 71.2 Å². The third kappa shape index (κ3) is 6.85. The Kier molecular flexibility index (Phi) is 9.05. The van der Waals surface area contributed by atoms with E-state index in [2.05, 4.69) is 28.4 Å². The molecule has 1 atom stereocenters. The van der Waals surface area contributed by atoms with Crippen LogP contribution in [-0.4, -0.2) is 42.4 Å². The maximum absolute atomic E-state index is 13.4. The first-order valence-electron chi connectivity index (χ1n) is 14.9. The van der Waals surface area contributed by atoms with Gasteiger partial charge in [-0.15, -0.1) is 0 Å². The minimum absolute atomic E-state index is 0.0852. The van der Waals surface area contributed by atoms with Gasteiger partial charge in [-0.2, -0.15) is 0 Å². The zero-order chi connectivity index (χ0) is 30.6. The van der Waals surface area contributed by atoms with E-state index in [0.29, 0.717) is 29.8 Å². The molecule has 0 spiro atoms. The number of anilines is 1. The van der Waals surface area contributed by atoms with Gasteiger partial charge in [0.15, 0.2) is 16.8 Å². The van der Waals surface area contributed by atoms with E-state index >= 15 is 0 Å². The van der Waals surface area contributed by atoms with Crippen LogP contribution in [0.1, 0.15) is 47.4 Å². The number of rotatable bonds is 8. The van der Waals surface area contributed by atoms with Crippen molar-refractivity contribution in [3.63, 3.8) is 0 Å². The standard InChI is InChI=1S/C35H33Cl2N3O4/c36-26-12-10-23(11-13-26)19-27(38-35(43)32-21-31(41)28-6-3-7-29(37)34(28)44-32)20-24-14-17-39(18-15-24)30-8-2-1-5-25(30)22-40-16-4-9-33(40)42/h1-3,5-8,10-13,20-21,27H,4,9,14-19,22H2,(H,38,43)/t27-/m0/s1. The number of amides is 2. The fourth-order valence-corrected chi connectivity index (χ4v) is 6.38. The molecular weight excluding hydrogens is 597 g/mol. The predicted octanol–water partition coefficient (Wildman–Crippen LogP) is 6.79. The van der Waals surface area contributed by atoms with Crippen LogP contribution in [0.4, 0.5) is 5.69 Å². The molecule has 0 radical (unpaired) electrons. The number of benzene rings is 3. The maximum atomic E-state index is 13.4. The third-order valence-corrected chi connectivity index (χ3v) is 8.87. The summed E-state index contributed by atoms with van der Waals surface area (Å²) in [5.74, 6) is -0.343. The van der Waals surface area contributed by atoms with E-state index in [-0.39, 0.29) is 33.7 Å². The van der Waals surface area contributed by atoms with E-state index in [1.165, 1.54) is 22.9 Å². The first kappa shape index (κ1) is 30.0. The van der Waals surface area contributed by atoms with Gasteiger partial charge in [0.05, 0.1) is 16.5 Å². The quantitative estimate of drug-likeness (QED) is 0.217. The summed E-state index contributed by atoms with van der Waals surface area (Å²) < 4.78 is 5.81. The van der Waals surface area contributed by atoms with E-state index in [4.69, 9.17) is 27.6 Å². The number of piperidine rings is 1. The van der Waals surface area contributed by atoms with Gasteiger partial charge in [0.1, 0.15) is 0 Å². The molecule has 2 aliphatic rings. The Bertz CT molecular complexity index is 1770. The van der Waals surface area contributed by atoms with Crippen LogP contribution < -0.4 is 15.6 Å². The van der Waals surface area contributed by atoms with Crippen molar-refractivity contribution in [3.05, 3.63) is 122 Å². The van der Waals surface area contributed by atoms with E-state index in [9.17, 15) is 14.4 Å². The van der Waals surface area contributed by atoms with E-state index in [0.717, 1.165) is 44.5 Å². The molecule has 3 heterocycles. The zero-order valence-corrected chi connectivity index (χ0v) is 25.7. The highest BCUT2D eigenvalue weighted by molar-refractivity contribution is 6.34. The molecule has 0 aliphatic carbocycles. The molecule has 226 valence electrons. The molecule has 0 bridgehead atoms. The SMILES string of the molecule is O=C(N[C@H](C=C1CCN(c2ccccc2CN2CCCC2=O)CC1)Cc1ccc(Cl)cc1)c1cc(=O)c2cccc(Cl)c2o1. The van der Waals surface area contributed by atoms with Crippen LogP contribution in [0.25, 0.3) is 11.0 Å². The van der Waals surface area contributed by atoms with E-state index in [1.54, 1.807) is 18.2 Å². The van der Waals surface area contributed by atoms with Crippen molar-refractivity contribution in [2.24, 2.45) is 0 Å². The highest BCUT2D eigenvalue weighted by Crippen LogP contribution is 2.29. The molecule has 0 saturated carbocycles. The molecule has 1 N–H and O–H groups in total. The number of hydrogen-bond acceptors (Lipinski definition) is 5. The molecule has 2 fully saturated rings. The summed E-state index contributed by atoms with van der Waals surface area (Å²) in [6, 6.07) is 21.7. The highest BCUT2D eigenvalue weighted by Gasteiger charge is 2.24. The van der Waals surface area contributed by atoms with Gasteiger partial charge < -0.3 is 19.5 Å². The summed E-state index contributed by atoms with van der Waals surface area (Å²) >= 11 is 12.4. The monoisotopic (exact) mass is 629 g/mol. The van der Waals surface area contributed by atoms with Gasteiger partial charge in [0.25, 0.3) is 5.91 Å². The summed E-state index contributed by atoms with van der Waals surface area (Å²) in [5.41, 5.74) is 4.47. The number of halogens is 2. The number of likely N-dealkylation sites (tertiary alicyclic amines) is 1. The molecule has 44 heavy (non-hydrogen) atoms. The summed E-state index contributed by atoms with van der Waals surface area (Å²) in [4.78, 5) is 42.7. The van der Waals surface area contributed by atoms with E-state index < -0.39 is 5.91 Å². The Labute approximate surface area is 266 Å². The van der Waals surface area contributed by atoms with Crippen molar-refractivity contribution in [1.29, 1.82) is 0 Å². The van der Waals surface area contributed by atoms with Gasteiger partial charge in [-0.3, -0.25) is 14.4 Å². The average molecular weight is 631 g/mol. The van der Waals surface area contributed by atoms with Crippen molar-refractivity contribution in [2.75, 3.05) is 24.5 Å².